The summed E-state index contributed by atoms with van der Waals surface area (Å²) in [6.07, 6.45) is -0.180. The van der Waals surface area contributed by atoms with Crippen LogP contribution in [-0.2, 0) is 6.42 Å². The van der Waals surface area contributed by atoms with E-state index in [-0.39, 0.29) is 10.8 Å². The summed E-state index contributed by atoms with van der Waals surface area (Å²) in [4.78, 5) is 0.891. The second kappa shape index (κ2) is 7.07. The molecule has 0 aromatic heterocycles. The van der Waals surface area contributed by atoms with E-state index in [2.05, 4.69) is 0 Å². The van der Waals surface area contributed by atoms with Crippen LogP contribution in [0.2, 0.25) is 5.02 Å². The Kier molecular flexibility index (Phi) is 5.40. The Morgan fingerprint density at radius 2 is 1.80 bits per heavy atom. The lowest BCUT2D eigenvalue weighted by Crippen LogP contribution is -2.13. The zero-order chi connectivity index (χ0) is 14.5. The molecule has 1 N–H and O–H groups in total. The number of thioether (sulfide) groups is 1. The standard InChI is InChI=1S/C15H13ClF2OS/c16-14-8-10(1-6-15(14)18)7-12(19)9-20-13-4-2-11(17)3-5-13/h1-6,8,12,19H,7,9H2. The van der Waals surface area contributed by atoms with Gasteiger partial charge >= 0.3 is 0 Å². The molecule has 0 saturated heterocycles. The van der Waals surface area contributed by atoms with Crippen molar-refractivity contribution in [3.05, 3.63) is 64.7 Å². The van der Waals surface area contributed by atoms with Crippen molar-refractivity contribution in [1.29, 1.82) is 0 Å². The van der Waals surface area contributed by atoms with Gasteiger partial charge in [0.1, 0.15) is 11.6 Å². The fourth-order valence-electron chi connectivity index (χ4n) is 1.72. The van der Waals surface area contributed by atoms with Gasteiger partial charge in [-0.3, -0.25) is 0 Å². The number of aliphatic hydroxyl groups is 1. The van der Waals surface area contributed by atoms with Crippen molar-refractivity contribution in [1.82, 2.24) is 0 Å². The van der Waals surface area contributed by atoms with E-state index in [9.17, 15) is 13.9 Å². The molecule has 2 rings (SSSR count). The first-order valence-electron chi connectivity index (χ1n) is 6.05. The third kappa shape index (κ3) is 4.47. The molecule has 20 heavy (non-hydrogen) atoms. The maximum Gasteiger partial charge on any atom is 0.141 e. The largest absolute Gasteiger partial charge is 0.392 e. The fraction of sp³-hybridized carbons (Fsp3) is 0.200. The second-order valence-electron chi connectivity index (χ2n) is 4.37. The van der Waals surface area contributed by atoms with Crippen LogP contribution in [0, 0.1) is 11.6 Å². The maximum atomic E-state index is 13.0. The summed E-state index contributed by atoms with van der Waals surface area (Å²) in [7, 11) is 0. The summed E-state index contributed by atoms with van der Waals surface area (Å²) in [6, 6.07) is 10.5. The van der Waals surface area contributed by atoms with Crippen LogP contribution in [0.5, 0.6) is 0 Å². The average Bonchev–Trinajstić information content (AvgIpc) is 2.42. The van der Waals surface area contributed by atoms with Gasteiger partial charge in [0.15, 0.2) is 0 Å². The quantitative estimate of drug-likeness (QED) is 0.830. The number of benzene rings is 2. The Morgan fingerprint density at radius 1 is 1.10 bits per heavy atom. The molecule has 0 amide bonds. The van der Waals surface area contributed by atoms with E-state index in [1.165, 1.54) is 36.0 Å². The predicted octanol–water partition coefficient (Wildman–Crippen LogP) is 4.31. The molecule has 106 valence electrons. The highest BCUT2D eigenvalue weighted by atomic mass is 35.5. The van der Waals surface area contributed by atoms with E-state index in [1.807, 2.05) is 0 Å². The van der Waals surface area contributed by atoms with E-state index in [1.54, 1.807) is 18.2 Å². The Hall–Kier alpha value is -1.10. The molecule has 1 nitrogen and oxygen atoms in total. The van der Waals surface area contributed by atoms with Gasteiger partial charge < -0.3 is 5.11 Å². The fourth-order valence-corrected chi connectivity index (χ4v) is 2.76. The third-order valence-corrected chi connectivity index (χ3v) is 4.16. The van der Waals surface area contributed by atoms with Gasteiger partial charge in [0.25, 0.3) is 0 Å². The molecule has 0 aliphatic rings. The first kappa shape index (κ1) is 15.3. The molecule has 0 spiro atoms. The molecule has 1 atom stereocenters. The van der Waals surface area contributed by atoms with Crippen molar-refractivity contribution in [2.75, 3.05) is 5.75 Å². The summed E-state index contributed by atoms with van der Waals surface area (Å²) in [5.74, 6) is -0.276. The number of halogens is 3. The van der Waals surface area contributed by atoms with E-state index >= 15 is 0 Å². The van der Waals surface area contributed by atoms with Gasteiger partial charge in [0, 0.05) is 10.6 Å². The maximum absolute atomic E-state index is 13.0. The highest BCUT2D eigenvalue weighted by molar-refractivity contribution is 7.99. The van der Waals surface area contributed by atoms with Gasteiger partial charge in [0.05, 0.1) is 11.1 Å². The zero-order valence-corrected chi connectivity index (χ0v) is 12.1. The minimum atomic E-state index is -0.577. The topological polar surface area (TPSA) is 20.2 Å². The zero-order valence-electron chi connectivity index (χ0n) is 10.5. The SMILES string of the molecule is OC(CSc1ccc(F)cc1)Cc1ccc(F)c(Cl)c1. The van der Waals surface area contributed by atoms with Crippen LogP contribution in [0.3, 0.4) is 0 Å². The van der Waals surface area contributed by atoms with Crippen molar-refractivity contribution >= 4 is 23.4 Å². The normalized spacial score (nSPS) is 12.4. The summed E-state index contributed by atoms with van der Waals surface area (Å²) in [6.45, 7) is 0. The molecular weight excluding hydrogens is 302 g/mol. The first-order chi connectivity index (χ1) is 9.54. The van der Waals surface area contributed by atoms with Crippen molar-refractivity contribution in [2.24, 2.45) is 0 Å². The molecule has 0 heterocycles. The van der Waals surface area contributed by atoms with E-state index in [0.29, 0.717) is 12.2 Å². The molecule has 2 aromatic carbocycles. The number of rotatable bonds is 5. The average molecular weight is 315 g/mol. The molecule has 0 aliphatic heterocycles. The van der Waals surface area contributed by atoms with E-state index in [4.69, 9.17) is 11.6 Å². The van der Waals surface area contributed by atoms with Gasteiger partial charge in [-0.15, -0.1) is 11.8 Å². The Morgan fingerprint density at radius 3 is 2.45 bits per heavy atom. The number of hydrogen-bond acceptors (Lipinski definition) is 2. The van der Waals surface area contributed by atoms with Crippen molar-refractivity contribution < 1.29 is 13.9 Å². The van der Waals surface area contributed by atoms with Crippen LogP contribution in [-0.4, -0.2) is 17.0 Å². The highest BCUT2D eigenvalue weighted by Crippen LogP contribution is 2.21. The number of hydrogen-bond donors (Lipinski definition) is 1. The molecule has 0 aliphatic carbocycles. The van der Waals surface area contributed by atoms with Crippen molar-refractivity contribution in [3.8, 4) is 0 Å². The van der Waals surface area contributed by atoms with E-state index < -0.39 is 11.9 Å². The van der Waals surface area contributed by atoms with Crippen molar-refractivity contribution in [3.63, 3.8) is 0 Å². The second-order valence-corrected chi connectivity index (χ2v) is 5.87. The Labute approximate surface area is 125 Å². The van der Waals surface area contributed by atoms with Gasteiger partial charge in [-0.25, -0.2) is 8.78 Å². The van der Waals surface area contributed by atoms with E-state index in [0.717, 1.165) is 10.5 Å². The van der Waals surface area contributed by atoms with Crippen molar-refractivity contribution in [2.45, 2.75) is 17.4 Å². The lowest BCUT2D eigenvalue weighted by molar-refractivity contribution is 0.200. The Balaban J connectivity index is 1.87. The van der Waals surface area contributed by atoms with Gasteiger partial charge in [0.2, 0.25) is 0 Å². The summed E-state index contributed by atoms with van der Waals surface area (Å²) in [5.41, 5.74) is 0.781. The van der Waals surface area contributed by atoms with Gasteiger partial charge in [-0.1, -0.05) is 17.7 Å². The van der Waals surface area contributed by atoms with Crippen LogP contribution in [0.1, 0.15) is 5.56 Å². The molecule has 1 unspecified atom stereocenters. The van der Waals surface area contributed by atoms with Crippen LogP contribution in [0.4, 0.5) is 8.78 Å². The van der Waals surface area contributed by atoms with Gasteiger partial charge in [-0.05, 0) is 48.4 Å². The summed E-state index contributed by atoms with van der Waals surface area (Å²) < 4.78 is 25.8. The van der Waals surface area contributed by atoms with Crippen LogP contribution in [0.15, 0.2) is 47.4 Å². The molecule has 0 bridgehead atoms. The molecule has 0 radical (unpaired) electrons. The van der Waals surface area contributed by atoms with Crippen LogP contribution < -0.4 is 0 Å². The third-order valence-electron chi connectivity index (χ3n) is 2.71. The minimum absolute atomic E-state index is 0.0564. The van der Waals surface area contributed by atoms with Crippen LogP contribution in [0.25, 0.3) is 0 Å². The monoisotopic (exact) mass is 314 g/mol. The molecule has 2 aromatic rings. The summed E-state index contributed by atoms with van der Waals surface area (Å²) >= 11 is 7.13. The molecule has 5 heteroatoms. The van der Waals surface area contributed by atoms with Crippen LogP contribution >= 0.6 is 23.4 Å². The smallest absolute Gasteiger partial charge is 0.141 e. The highest BCUT2D eigenvalue weighted by Gasteiger charge is 2.08. The minimum Gasteiger partial charge on any atom is -0.392 e. The molecular formula is C15H13ClF2OS. The lowest BCUT2D eigenvalue weighted by Gasteiger charge is -2.11. The molecule has 0 saturated carbocycles. The van der Waals surface area contributed by atoms with Gasteiger partial charge in [-0.2, -0.15) is 0 Å². The predicted molar refractivity (Wildman–Crippen MR) is 78.2 cm³/mol. The molecule has 0 fully saturated rings. The number of aliphatic hydroxyl groups excluding tert-OH is 1. The Bertz CT molecular complexity index is 575. The first-order valence-corrected chi connectivity index (χ1v) is 7.41. The lowest BCUT2D eigenvalue weighted by atomic mass is 10.1. The summed E-state index contributed by atoms with van der Waals surface area (Å²) in [5, 5.41) is 10.0.